The number of hydrogen-bond donors (Lipinski definition) is 2. The van der Waals surface area contributed by atoms with E-state index in [1.165, 1.54) is 12.1 Å². The zero-order valence-corrected chi connectivity index (χ0v) is 12.7. The molecule has 6 heteroatoms. The molecule has 0 heterocycles. The van der Waals surface area contributed by atoms with Crippen LogP contribution in [0.5, 0.6) is 5.75 Å². The van der Waals surface area contributed by atoms with Crippen LogP contribution < -0.4 is 15.8 Å². The van der Waals surface area contributed by atoms with E-state index in [0.29, 0.717) is 11.4 Å². The highest BCUT2D eigenvalue weighted by Gasteiger charge is 2.11. The molecule has 0 saturated heterocycles. The number of primary amides is 1. The maximum Gasteiger partial charge on any atom is 0.250 e. The largest absolute Gasteiger partial charge is 0.496 e. The number of ether oxygens (including phenoxy) is 1. The van der Waals surface area contributed by atoms with Crippen LogP contribution in [0.4, 0.5) is 5.69 Å². The molecule has 2 rings (SSSR count). The average molecular weight is 319 g/mol. The molecular weight excluding hydrogens is 304 g/mol. The first-order valence-corrected chi connectivity index (χ1v) is 6.90. The minimum Gasteiger partial charge on any atom is -0.496 e. The van der Waals surface area contributed by atoms with Crippen LogP contribution >= 0.6 is 11.6 Å². The maximum atomic E-state index is 12.1. The molecule has 0 atom stereocenters. The summed E-state index contributed by atoms with van der Waals surface area (Å²) in [5.41, 5.74) is 6.66. The molecule has 0 unspecified atom stereocenters. The highest BCUT2D eigenvalue weighted by Crippen LogP contribution is 2.22. The lowest BCUT2D eigenvalue weighted by atomic mass is 10.1. The predicted octanol–water partition coefficient (Wildman–Crippen LogP) is 2.63. The van der Waals surface area contributed by atoms with Gasteiger partial charge in [-0.2, -0.15) is 0 Å². The number of carbonyl (C=O) groups is 2. The number of rotatable bonds is 5. The Hall–Kier alpha value is -2.53. The molecule has 0 aliphatic heterocycles. The second-order valence-electron chi connectivity index (χ2n) is 4.60. The molecular formula is C16H15ClN2O3. The molecule has 0 aliphatic carbocycles. The Kier molecular flexibility index (Phi) is 5.01. The first kappa shape index (κ1) is 15.9. The number of hydrogen-bond acceptors (Lipinski definition) is 3. The second-order valence-corrected chi connectivity index (χ2v) is 5.00. The number of amides is 2. The highest BCUT2D eigenvalue weighted by atomic mass is 35.5. The molecule has 0 radical (unpaired) electrons. The topological polar surface area (TPSA) is 81.4 Å². The number of nitrogens with two attached hydrogens (primary N) is 1. The van der Waals surface area contributed by atoms with Crippen molar-refractivity contribution in [3.63, 3.8) is 0 Å². The SMILES string of the molecule is COc1ccccc1CC(=O)Nc1ccc(C(N)=O)c(Cl)c1. The summed E-state index contributed by atoms with van der Waals surface area (Å²) in [6.45, 7) is 0. The molecule has 0 aliphatic rings. The van der Waals surface area contributed by atoms with Crippen molar-refractivity contribution in [2.75, 3.05) is 12.4 Å². The second kappa shape index (κ2) is 6.95. The normalized spacial score (nSPS) is 10.1. The Morgan fingerprint density at radius 3 is 2.59 bits per heavy atom. The monoisotopic (exact) mass is 318 g/mol. The summed E-state index contributed by atoms with van der Waals surface area (Å²) in [4.78, 5) is 23.2. The number of anilines is 1. The summed E-state index contributed by atoms with van der Waals surface area (Å²) < 4.78 is 5.21. The van der Waals surface area contributed by atoms with Crippen molar-refractivity contribution >= 4 is 29.1 Å². The van der Waals surface area contributed by atoms with Gasteiger partial charge in [-0.3, -0.25) is 9.59 Å². The van der Waals surface area contributed by atoms with E-state index in [4.69, 9.17) is 22.1 Å². The van der Waals surface area contributed by atoms with Crippen molar-refractivity contribution < 1.29 is 14.3 Å². The van der Waals surface area contributed by atoms with Crippen LogP contribution in [0.2, 0.25) is 5.02 Å². The number of methoxy groups -OCH3 is 1. The van der Waals surface area contributed by atoms with Gasteiger partial charge in [0.15, 0.2) is 0 Å². The molecule has 2 aromatic carbocycles. The van der Waals surface area contributed by atoms with E-state index < -0.39 is 5.91 Å². The predicted molar refractivity (Wildman–Crippen MR) is 85.3 cm³/mol. The van der Waals surface area contributed by atoms with Crippen LogP contribution in [0.15, 0.2) is 42.5 Å². The first-order chi connectivity index (χ1) is 10.5. The molecule has 0 saturated carbocycles. The molecule has 0 spiro atoms. The van der Waals surface area contributed by atoms with Gasteiger partial charge in [0.1, 0.15) is 5.75 Å². The molecule has 0 bridgehead atoms. The standard InChI is InChI=1S/C16H15ClN2O3/c1-22-14-5-3-2-4-10(14)8-15(20)19-11-6-7-12(16(18)21)13(17)9-11/h2-7,9H,8H2,1H3,(H2,18,21)(H,19,20). The van der Waals surface area contributed by atoms with Crippen LogP contribution in [-0.4, -0.2) is 18.9 Å². The Bertz CT molecular complexity index is 716. The molecule has 114 valence electrons. The summed E-state index contributed by atoms with van der Waals surface area (Å²) in [5, 5.41) is 2.91. The van der Waals surface area contributed by atoms with E-state index in [1.807, 2.05) is 18.2 Å². The summed E-state index contributed by atoms with van der Waals surface area (Å²) in [6, 6.07) is 11.8. The summed E-state index contributed by atoms with van der Waals surface area (Å²) in [5.74, 6) is -0.177. The first-order valence-electron chi connectivity index (χ1n) is 6.52. The molecule has 22 heavy (non-hydrogen) atoms. The fraction of sp³-hybridized carbons (Fsp3) is 0.125. The number of nitrogens with one attached hydrogen (secondary N) is 1. The number of benzene rings is 2. The maximum absolute atomic E-state index is 12.1. The third-order valence-corrected chi connectivity index (χ3v) is 3.37. The lowest BCUT2D eigenvalue weighted by Gasteiger charge is -2.09. The minimum absolute atomic E-state index is 0.166. The van der Waals surface area contributed by atoms with Crippen LogP contribution in [0.3, 0.4) is 0 Å². The van der Waals surface area contributed by atoms with E-state index >= 15 is 0 Å². The molecule has 0 aromatic heterocycles. The van der Waals surface area contributed by atoms with Crippen LogP contribution in [-0.2, 0) is 11.2 Å². The van der Waals surface area contributed by atoms with Gasteiger partial charge in [0.05, 0.1) is 24.1 Å². The number of para-hydroxylation sites is 1. The number of halogens is 1. The zero-order valence-electron chi connectivity index (χ0n) is 11.9. The Labute approximate surface area is 133 Å². The minimum atomic E-state index is -0.614. The molecule has 5 nitrogen and oxygen atoms in total. The Balaban J connectivity index is 2.09. The van der Waals surface area contributed by atoms with Gasteiger partial charge in [0.25, 0.3) is 0 Å². The Morgan fingerprint density at radius 2 is 1.95 bits per heavy atom. The van der Waals surface area contributed by atoms with Gasteiger partial charge in [0, 0.05) is 11.3 Å². The van der Waals surface area contributed by atoms with Crippen molar-refractivity contribution in [2.24, 2.45) is 5.73 Å². The lowest BCUT2D eigenvalue weighted by molar-refractivity contribution is -0.115. The van der Waals surface area contributed by atoms with Crippen molar-refractivity contribution in [1.82, 2.24) is 0 Å². The lowest BCUT2D eigenvalue weighted by Crippen LogP contribution is -2.16. The van der Waals surface area contributed by atoms with Crippen LogP contribution in [0, 0.1) is 0 Å². The van der Waals surface area contributed by atoms with Crippen molar-refractivity contribution in [3.05, 3.63) is 58.6 Å². The van der Waals surface area contributed by atoms with Crippen molar-refractivity contribution in [1.29, 1.82) is 0 Å². The molecule has 2 amide bonds. The van der Waals surface area contributed by atoms with E-state index in [2.05, 4.69) is 5.32 Å². The van der Waals surface area contributed by atoms with Gasteiger partial charge in [-0.25, -0.2) is 0 Å². The van der Waals surface area contributed by atoms with E-state index in [1.54, 1.807) is 19.2 Å². The van der Waals surface area contributed by atoms with E-state index in [-0.39, 0.29) is 22.9 Å². The summed E-state index contributed by atoms with van der Waals surface area (Å²) in [7, 11) is 1.55. The third kappa shape index (κ3) is 3.77. The average Bonchev–Trinajstić information content (AvgIpc) is 2.47. The Morgan fingerprint density at radius 1 is 1.23 bits per heavy atom. The van der Waals surface area contributed by atoms with Gasteiger partial charge in [-0.1, -0.05) is 29.8 Å². The highest BCUT2D eigenvalue weighted by molar-refractivity contribution is 6.34. The van der Waals surface area contributed by atoms with Crippen molar-refractivity contribution in [2.45, 2.75) is 6.42 Å². The van der Waals surface area contributed by atoms with Gasteiger partial charge in [-0.15, -0.1) is 0 Å². The number of carbonyl (C=O) groups excluding carboxylic acids is 2. The summed E-state index contributed by atoms with van der Waals surface area (Å²) >= 11 is 5.94. The third-order valence-electron chi connectivity index (χ3n) is 3.06. The smallest absolute Gasteiger partial charge is 0.250 e. The fourth-order valence-corrected chi connectivity index (χ4v) is 2.29. The van der Waals surface area contributed by atoms with Gasteiger partial charge in [-0.05, 0) is 24.3 Å². The molecule has 0 fully saturated rings. The molecule has 2 aromatic rings. The summed E-state index contributed by atoms with van der Waals surface area (Å²) in [6.07, 6.45) is 0.166. The quantitative estimate of drug-likeness (QED) is 0.889. The van der Waals surface area contributed by atoms with Crippen LogP contribution in [0.25, 0.3) is 0 Å². The van der Waals surface area contributed by atoms with Crippen LogP contribution in [0.1, 0.15) is 15.9 Å². The van der Waals surface area contributed by atoms with E-state index in [0.717, 1.165) is 5.56 Å². The zero-order chi connectivity index (χ0) is 16.1. The van der Waals surface area contributed by atoms with Gasteiger partial charge < -0.3 is 15.8 Å². The van der Waals surface area contributed by atoms with Crippen molar-refractivity contribution in [3.8, 4) is 5.75 Å². The van der Waals surface area contributed by atoms with Gasteiger partial charge in [0.2, 0.25) is 11.8 Å². The van der Waals surface area contributed by atoms with E-state index in [9.17, 15) is 9.59 Å². The van der Waals surface area contributed by atoms with Gasteiger partial charge >= 0.3 is 0 Å². The molecule has 3 N–H and O–H groups in total. The fourth-order valence-electron chi connectivity index (χ4n) is 2.02.